The van der Waals surface area contributed by atoms with Crippen LogP contribution >= 0.6 is 11.6 Å². The van der Waals surface area contributed by atoms with Crippen LogP contribution in [0, 0.1) is 0 Å². The Morgan fingerprint density at radius 3 is 2.12 bits per heavy atom. The molecule has 0 radical (unpaired) electrons. The van der Waals surface area contributed by atoms with Gasteiger partial charge in [-0.1, -0.05) is 69.2 Å². The number of hydrogen-bond acceptors (Lipinski definition) is 4. The van der Waals surface area contributed by atoms with E-state index in [2.05, 4.69) is 6.92 Å². The molecule has 4 nitrogen and oxygen atoms in total. The number of rotatable bonds is 14. The second-order valence-corrected chi connectivity index (χ2v) is 6.86. The van der Waals surface area contributed by atoms with Crippen LogP contribution in [-0.4, -0.2) is 18.5 Å². The topological polar surface area (TPSA) is 52.6 Å². The molecule has 0 heterocycles. The van der Waals surface area contributed by atoms with Crippen LogP contribution in [0.5, 0.6) is 5.75 Å². The smallest absolute Gasteiger partial charge is 0.311 e. The Bertz CT molecular complexity index is 530. The van der Waals surface area contributed by atoms with Gasteiger partial charge in [-0.15, -0.1) is 0 Å². The van der Waals surface area contributed by atoms with Gasteiger partial charge in [-0.05, 0) is 31.4 Å². The Hall–Kier alpha value is -1.55. The highest BCUT2D eigenvalue weighted by molar-refractivity contribution is 6.32. The van der Waals surface area contributed by atoms with Crippen LogP contribution in [0.2, 0.25) is 5.02 Å². The van der Waals surface area contributed by atoms with Gasteiger partial charge in [0.25, 0.3) is 0 Å². The predicted octanol–water partition coefficient (Wildman–Crippen LogP) is 6.10. The van der Waals surface area contributed by atoms with Crippen LogP contribution in [0.1, 0.15) is 77.6 Å². The highest BCUT2D eigenvalue weighted by Gasteiger charge is 2.07. The molecule has 0 saturated carbocycles. The van der Waals surface area contributed by atoms with Gasteiger partial charge in [0.05, 0.1) is 11.6 Å². The number of carbonyl (C=O) groups excluding carboxylic acids is 2. The molecular weight excluding hydrogens is 352 g/mol. The second kappa shape index (κ2) is 14.6. The van der Waals surface area contributed by atoms with E-state index in [1.807, 2.05) is 0 Å². The molecular formula is C21H31ClO4. The van der Waals surface area contributed by atoms with E-state index in [-0.39, 0.29) is 11.9 Å². The Balaban J connectivity index is 1.93. The number of halogens is 1. The Kier molecular flexibility index (Phi) is 12.6. The maximum absolute atomic E-state index is 11.8. The van der Waals surface area contributed by atoms with Crippen molar-refractivity contribution in [3.8, 4) is 5.75 Å². The highest BCUT2D eigenvalue weighted by atomic mass is 35.5. The van der Waals surface area contributed by atoms with Crippen LogP contribution in [0.3, 0.4) is 0 Å². The Labute approximate surface area is 162 Å². The maximum Gasteiger partial charge on any atom is 0.311 e. The van der Waals surface area contributed by atoms with Crippen molar-refractivity contribution in [2.45, 2.75) is 77.6 Å². The van der Waals surface area contributed by atoms with E-state index in [9.17, 15) is 9.59 Å². The molecule has 0 aromatic heterocycles. The Morgan fingerprint density at radius 2 is 1.46 bits per heavy atom. The number of unbranched alkanes of at least 4 members (excludes halogenated alkanes) is 7. The molecule has 0 atom stereocenters. The molecule has 1 aromatic rings. The van der Waals surface area contributed by atoms with E-state index in [1.54, 1.807) is 24.3 Å². The number of ether oxygens (including phenoxy) is 2. The molecule has 0 unspecified atom stereocenters. The van der Waals surface area contributed by atoms with Gasteiger partial charge in [0.1, 0.15) is 5.75 Å². The minimum Gasteiger partial charge on any atom is -0.466 e. The number of hydrogen-bond donors (Lipinski definition) is 0. The van der Waals surface area contributed by atoms with E-state index in [0.717, 1.165) is 57.8 Å². The third-order valence-corrected chi connectivity index (χ3v) is 4.40. The molecule has 0 spiro atoms. The lowest BCUT2D eigenvalue weighted by Gasteiger charge is -2.06. The van der Waals surface area contributed by atoms with Gasteiger partial charge < -0.3 is 9.47 Å². The second-order valence-electron chi connectivity index (χ2n) is 6.45. The van der Waals surface area contributed by atoms with Gasteiger partial charge >= 0.3 is 11.9 Å². The fourth-order valence-corrected chi connectivity index (χ4v) is 2.73. The van der Waals surface area contributed by atoms with E-state index in [1.165, 1.54) is 0 Å². The first-order valence-electron chi connectivity index (χ1n) is 9.74. The minimum absolute atomic E-state index is 0.0802. The van der Waals surface area contributed by atoms with Gasteiger partial charge in [0.15, 0.2) is 0 Å². The molecule has 0 N–H and O–H groups in total. The largest absolute Gasteiger partial charge is 0.466 e. The van der Waals surface area contributed by atoms with Crippen molar-refractivity contribution in [3.63, 3.8) is 0 Å². The molecule has 1 aromatic carbocycles. The number of carbonyl (C=O) groups is 2. The van der Waals surface area contributed by atoms with Crippen LogP contribution in [0.15, 0.2) is 24.3 Å². The number of para-hydroxylation sites is 1. The van der Waals surface area contributed by atoms with Gasteiger partial charge in [-0.25, -0.2) is 0 Å². The quantitative estimate of drug-likeness (QED) is 0.221. The molecule has 0 fully saturated rings. The molecule has 0 amide bonds. The Morgan fingerprint density at radius 1 is 0.846 bits per heavy atom. The van der Waals surface area contributed by atoms with E-state index < -0.39 is 0 Å². The monoisotopic (exact) mass is 382 g/mol. The van der Waals surface area contributed by atoms with Gasteiger partial charge in [0, 0.05) is 12.8 Å². The van der Waals surface area contributed by atoms with Crippen LogP contribution in [0.25, 0.3) is 0 Å². The van der Waals surface area contributed by atoms with Crippen molar-refractivity contribution in [3.05, 3.63) is 29.3 Å². The van der Waals surface area contributed by atoms with Crippen LogP contribution in [0.4, 0.5) is 0 Å². The van der Waals surface area contributed by atoms with Crippen LogP contribution < -0.4 is 4.74 Å². The summed E-state index contributed by atoms with van der Waals surface area (Å²) in [5.74, 6) is 0.0908. The average Bonchev–Trinajstić information content (AvgIpc) is 2.63. The third kappa shape index (κ3) is 11.1. The summed E-state index contributed by atoms with van der Waals surface area (Å²) >= 11 is 5.95. The molecule has 26 heavy (non-hydrogen) atoms. The standard InChI is InChI=1S/C21H31ClO4/c1-2-3-12-17-25-20(23)15-8-6-4-5-7-9-16-21(24)26-19-14-11-10-13-18(19)22/h10-11,13-14H,2-9,12,15-17H2,1H3. The maximum atomic E-state index is 11.8. The van der Waals surface area contributed by atoms with E-state index in [0.29, 0.717) is 30.2 Å². The SMILES string of the molecule is CCCCCOC(=O)CCCCCCCCC(=O)Oc1ccccc1Cl. The van der Waals surface area contributed by atoms with Gasteiger partial charge in [-0.2, -0.15) is 0 Å². The first-order valence-corrected chi connectivity index (χ1v) is 10.1. The normalized spacial score (nSPS) is 10.5. The molecule has 0 aliphatic carbocycles. The number of esters is 2. The van der Waals surface area contributed by atoms with Crippen LogP contribution in [-0.2, 0) is 14.3 Å². The fraction of sp³-hybridized carbons (Fsp3) is 0.619. The zero-order valence-electron chi connectivity index (χ0n) is 15.8. The molecule has 0 saturated heterocycles. The number of benzene rings is 1. The summed E-state index contributed by atoms with van der Waals surface area (Å²) in [5.41, 5.74) is 0. The lowest BCUT2D eigenvalue weighted by Crippen LogP contribution is -2.07. The van der Waals surface area contributed by atoms with Crippen molar-refractivity contribution in [1.29, 1.82) is 0 Å². The predicted molar refractivity (Wildman–Crippen MR) is 105 cm³/mol. The van der Waals surface area contributed by atoms with Crippen molar-refractivity contribution in [1.82, 2.24) is 0 Å². The zero-order valence-corrected chi connectivity index (χ0v) is 16.6. The molecule has 0 aliphatic heterocycles. The molecule has 0 bridgehead atoms. The van der Waals surface area contributed by atoms with Gasteiger partial charge in [0.2, 0.25) is 0 Å². The van der Waals surface area contributed by atoms with E-state index >= 15 is 0 Å². The summed E-state index contributed by atoms with van der Waals surface area (Å²) in [7, 11) is 0. The summed E-state index contributed by atoms with van der Waals surface area (Å²) in [6.07, 6.45) is 9.94. The van der Waals surface area contributed by atoms with E-state index in [4.69, 9.17) is 21.1 Å². The molecule has 1 rings (SSSR count). The van der Waals surface area contributed by atoms with Crippen molar-refractivity contribution in [2.75, 3.05) is 6.61 Å². The lowest BCUT2D eigenvalue weighted by atomic mass is 10.1. The van der Waals surface area contributed by atoms with Gasteiger partial charge in [-0.3, -0.25) is 9.59 Å². The fourth-order valence-electron chi connectivity index (χ4n) is 2.56. The molecule has 146 valence electrons. The summed E-state index contributed by atoms with van der Waals surface area (Å²) in [5, 5.41) is 0.449. The zero-order chi connectivity index (χ0) is 19.0. The molecule has 5 heteroatoms. The first kappa shape index (κ1) is 22.5. The first-order chi connectivity index (χ1) is 12.6. The summed E-state index contributed by atoms with van der Waals surface area (Å²) < 4.78 is 10.4. The van der Waals surface area contributed by atoms with Crippen molar-refractivity contribution >= 4 is 23.5 Å². The minimum atomic E-state index is -0.246. The average molecular weight is 383 g/mol. The third-order valence-electron chi connectivity index (χ3n) is 4.08. The van der Waals surface area contributed by atoms with Crippen molar-refractivity contribution < 1.29 is 19.1 Å². The summed E-state index contributed by atoms with van der Waals surface area (Å²) in [6.45, 7) is 2.68. The summed E-state index contributed by atoms with van der Waals surface area (Å²) in [6, 6.07) is 6.97. The molecule has 0 aliphatic rings. The van der Waals surface area contributed by atoms with Crippen molar-refractivity contribution in [2.24, 2.45) is 0 Å². The highest BCUT2D eigenvalue weighted by Crippen LogP contribution is 2.23. The lowest BCUT2D eigenvalue weighted by molar-refractivity contribution is -0.144. The summed E-state index contributed by atoms with van der Waals surface area (Å²) in [4.78, 5) is 23.3.